The Hall–Kier alpha value is -1.68. The lowest BCUT2D eigenvalue weighted by molar-refractivity contribution is -0.137. The zero-order valence-corrected chi connectivity index (χ0v) is 11.4. The maximum atomic E-state index is 11.9. The van der Waals surface area contributed by atoms with Crippen molar-refractivity contribution >= 4 is 33.2 Å². The van der Waals surface area contributed by atoms with E-state index < -0.39 is 11.8 Å². The number of carbonyl (C=O) groups excluding carboxylic acids is 2. The molecule has 0 unspecified atom stereocenters. The summed E-state index contributed by atoms with van der Waals surface area (Å²) >= 11 is 1.34. The Labute approximate surface area is 109 Å². The van der Waals surface area contributed by atoms with E-state index >= 15 is 0 Å². The van der Waals surface area contributed by atoms with Crippen LogP contribution in [0.4, 0.5) is 0 Å². The number of rotatable bonds is 3. The third-order valence-electron chi connectivity index (χ3n) is 2.76. The van der Waals surface area contributed by atoms with Gasteiger partial charge >= 0.3 is 5.97 Å². The number of thiophene rings is 1. The van der Waals surface area contributed by atoms with Gasteiger partial charge in [0.1, 0.15) is 0 Å². The maximum Gasteiger partial charge on any atom is 0.380 e. The van der Waals surface area contributed by atoms with E-state index in [1.807, 2.05) is 32.0 Å². The molecular formula is C14H14O3S. The standard InChI is InChI=1S/C14H14O3S/c1-4-17-14(16)12(15)13-9(3)10-7-8(2)5-6-11(10)18-13/h5-7H,4H2,1-3H3. The highest BCUT2D eigenvalue weighted by atomic mass is 32.1. The molecule has 4 heteroatoms. The minimum Gasteiger partial charge on any atom is -0.460 e. The average molecular weight is 262 g/mol. The monoisotopic (exact) mass is 262 g/mol. The van der Waals surface area contributed by atoms with Crippen LogP contribution < -0.4 is 0 Å². The predicted octanol–water partition coefficient (Wildman–Crippen LogP) is 3.26. The van der Waals surface area contributed by atoms with E-state index in [1.54, 1.807) is 6.92 Å². The molecule has 0 radical (unpaired) electrons. The summed E-state index contributed by atoms with van der Waals surface area (Å²) in [7, 11) is 0. The topological polar surface area (TPSA) is 43.4 Å². The van der Waals surface area contributed by atoms with Gasteiger partial charge in [-0.1, -0.05) is 17.7 Å². The summed E-state index contributed by atoms with van der Waals surface area (Å²) in [4.78, 5) is 23.9. The summed E-state index contributed by atoms with van der Waals surface area (Å²) in [5, 5.41) is 1.03. The van der Waals surface area contributed by atoms with E-state index in [4.69, 9.17) is 4.74 Å². The van der Waals surface area contributed by atoms with Crippen LogP contribution in [0.15, 0.2) is 18.2 Å². The summed E-state index contributed by atoms with van der Waals surface area (Å²) in [6, 6.07) is 6.00. The van der Waals surface area contributed by atoms with Gasteiger partial charge in [0.05, 0.1) is 11.5 Å². The molecule has 0 spiro atoms. The van der Waals surface area contributed by atoms with Crippen LogP contribution in [0.25, 0.3) is 10.1 Å². The van der Waals surface area contributed by atoms with Crippen LogP contribution in [-0.2, 0) is 9.53 Å². The van der Waals surface area contributed by atoms with E-state index in [1.165, 1.54) is 11.3 Å². The van der Waals surface area contributed by atoms with Crippen molar-refractivity contribution in [3.05, 3.63) is 34.2 Å². The summed E-state index contributed by atoms with van der Waals surface area (Å²) in [5.41, 5.74) is 2.00. The molecule has 0 amide bonds. The van der Waals surface area contributed by atoms with Gasteiger partial charge in [-0.05, 0) is 37.8 Å². The number of ether oxygens (including phenoxy) is 1. The lowest BCUT2D eigenvalue weighted by Crippen LogP contribution is -2.17. The first-order chi connectivity index (χ1) is 8.54. The molecule has 1 aromatic carbocycles. The Balaban J connectivity index is 2.49. The van der Waals surface area contributed by atoms with Crippen LogP contribution in [0.1, 0.15) is 27.7 Å². The molecule has 0 fully saturated rings. The van der Waals surface area contributed by atoms with Crippen LogP contribution in [-0.4, -0.2) is 18.4 Å². The molecular weight excluding hydrogens is 248 g/mol. The average Bonchev–Trinajstić information content (AvgIpc) is 2.66. The van der Waals surface area contributed by atoms with Crippen molar-refractivity contribution in [3.8, 4) is 0 Å². The van der Waals surface area contributed by atoms with Crippen LogP contribution >= 0.6 is 11.3 Å². The van der Waals surface area contributed by atoms with Gasteiger partial charge in [0.25, 0.3) is 5.78 Å². The van der Waals surface area contributed by atoms with Crippen molar-refractivity contribution in [2.75, 3.05) is 6.61 Å². The second-order valence-corrected chi connectivity index (χ2v) is 5.16. The fourth-order valence-electron chi connectivity index (χ4n) is 1.84. The van der Waals surface area contributed by atoms with Crippen LogP contribution in [0.5, 0.6) is 0 Å². The van der Waals surface area contributed by atoms with Crippen molar-refractivity contribution in [1.29, 1.82) is 0 Å². The zero-order chi connectivity index (χ0) is 13.3. The molecule has 0 saturated heterocycles. The van der Waals surface area contributed by atoms with Gasteiger partial charge in [-0.3, -0.25) is 4.79 Å². The molecule has 0 aliphatic rings. The largest absolute Gasteiger partial charge is 0.460 e. The molecule has 2 rings (SSSR count). The smallest absolute Gasteiger partial charge is 0.380 e. The molecule has 1 heterocycles. The van der Waals surface area contributed by atoms with Gasteiger partial charge in [0.15, 0.2) is 0 Å². The zero-order valence-electron chi connectivity index (χ0n) is 10.6. The van der Waals surface area contributed by atoms with Crippen molar-refractivity contribution in [3.63, 3.8) is 0 Å². The van der Waals surface area contributed by atoms with E-state index in [9.17, 15) is 9.59 Å². The number of hydrogen-bond acceptors (Lipinski definition) is 4. The van der Waals surface area contributed by atoms with Crippen LogP contribution in [0.2, 0.25) is 0 Å². The third-order valence-corrected chi connectivity index (χ3v) is 4.03. The van der Waals surface area contributed by atoms with Gasteiger partial charge < -0.3 is 4.74 Å². The fraction of sp³-hybridized carbons (Fsp3) is 0.286. The minimum absolute atomic E-state index is 0.216. The van der Waals surface area contributed by atoms with Crippen LogP contribution in [0.3, 0.4) is 0 Å². The molecule has 3 nitrogen and oxygen atoms in total. The minimum atomic E-state index is -0.774. The number of ketones is 1. The summed E-state index contributed by atoms with van der Waals surface area (Å²) in [6.07, 6.45) is 0. The highest BCUT2D eigenvalue weighted by Crippen LogP contribution is 2.31. The number of benzene rings is 1. The molecule has 0 N–H and O–H groups in total. The normalized spacial score (nSPS) is 10.6. The number of hydrogen-bond donors (Lipinski definition) is 0. The van der Waals surface area contributed by atoms with Crippen molar-refractivity contribution in [2.45, 2.75) is 20.8 Å². The number of aryl methyl sites for hydroxylation is 2. The van der Waals surface area contributed by atoms with Crippen LogP contribution in [0, 0.1) is 13.8 Å². The fourth-order valence-corrected chi connectivity index (χ4v) is 2.96. The van der Waals surface area contributed by atoms with E-state index in [2.05, 4.69) is 0 Å². The Morgan fingerprint density at radius 2 is 2.00 bits per heavy atom. The lowest BCUT2D eigenvalue weighted by Gasteiger charge is -1.99. The maximum absolute atomic E-state index is 11.9. The van der Waals surface area contributed by atoms with Gasteiger partial charge in [-0.2, -0.15) is 0 Å². The first-order valence-electron chi connectivity index (χ1n) is 5.75. The molecule has 1 aromatic heterocycles. The summed E-state index contributed by atoms with van der Waals surface area (Å²) in [5.74, 6) is -1.32. The Morgan fingerprint density at radius 1 is 1.28 bits per heavy atom. The van der Waals surface area contributed by atoms with Gasteiger partial charge in [-0.25, -0.2) is 4.79 Å². The number of esters is 1. The van der Waals surface area contributed by atoms with Crippen molar-refractivity contribution in [1.82, 2.24) is 0 Å². The Kier molecular flexibility index (Phi) is 3.48. The molecule has 0 aliphatic carbocycles. The highest BCUT2D eigenvalue weighted by molar-refractivity contribution is 7.21. The molecule has 0 saturated carbocycles. The molecule has 94 valence electrons. The molecule has 0 aliphatic heterocycles. The highest BCUT2D eigenvalue weighted by Gasteiger charge is 2.23. The predicted molar refractivity (Wildman–Crippen MR) is 72.3 cm³/mol. The summed E-state index contributed by atoms with van der Waals surface area (Å²) < 4.78 is 5.77. The second kappa shape index (κ2) is 4.90. The molecule has 18 heavy (non-hydrogen) atoms. The van der Waals surface area contributed by atoms with E-state index in [0.717, 1.165) is 21.2 Å². The first kappa shape index (κ1) is 12.8. The quantitative estimate of drug-likeness (QED) is 0.484. The third kappa shape index (κ3) is 2.16. The number of carbonyl (C=O) groups is 2. The van der Waals surface area contributed by atoms with E-state index in [-0.39, 0.29) is 6.61 Å². The molecule has 0 bridgehead atoms. The van der Waals surface area contributed by atoms with Gasteiger partial charge in [-0.15, -0.1) is 11.3 Å². The Bertz CT molecular complexity index is 625. The molecule has 2 aromatic rings. The molecule has 0 atom stereocenters. The lowest BCUT2D eigenvalue weighted by atomic mass is 10.1. The summed E-state index contributed by atoms with van der Waals surface area (Å²) in [6.45, 7) is 5.77. The SMILES string of the molecule is CCOC(=O)C(=O)c1sc2ccc(C)cc2c1C. The van der Waals surface area contributed by atoms with Gasteiger partial charge in [0, 0.05) is 4.70 Å². The van der Waals surface area contributed by atoms with E-state index in [0.29, 0.717) is 4.88 Å². The van der Waals surface area contributed by atoms with Crippen molar-refractivity contribution < 1.29 is 14.3 Å². The number of Topliss-reactive ketones (excluding diaryl/α,β-unsaturated/α-hetero) is 1. The van der Waals surface area contributed by atoms with Gasteiger partial charge in [0.2, 0.25) is 0 Å². The number of fused-ring (bicyclic) bond motifs is 1. The second-order valence-electron chi connectivity index (χ2n) is 4.11. The van der Waals surface area contributed by atoms with Crippen molar-refractivity contribution in [2.24, 2.45) is 0 Å². The Morgan fingerprint density at radius 3 is 2.67 bits per heavy atom. The first-order valence-corrected chi connectivity index (χ1v) is 6.57.